The van der Waals surface area contributed by atoms with Gasteiger partial charge in [0, 0.05) is 13.0 Å². The van der Waals surface area contributed by atoms with E-state index >= 15 is 0 Å². The van der Waals surface area contributed by atoms with Crippen molar-refractivity contribution in [3.05, 3.63) is 60.8 Å². The fourth-order valence-electron chi connectivity index (χ4n) is 5.51. The lowest BCUT2D eigenvalue weighted by molar-refractivity contribution is -0.870. The SMILES string of the molecule is CC/C=C\C/C=C\C/C=C\C/C=C\C/C=C\CCCCCCOCC(COP(=O)([O-])OCC[N+](C)(C)C)OC(=O)CCCCCCCCCCCCCC. The molecule has 0 aliphatic heterocycles. The van der Waals surface area contributed by atoms with E-state index in [1.165, 1.54) is 57.8 Å². The molecule has 8 nitrogen and oxygen atoms in total. The maximum absolute atomic E-state index is 12.6. The van der Waals surface area contributed by atoms with Crippen LogP contribution in [0.15, 0.2) is 60.8 Å². The predicted octanol–water partition coefficient (Wildman–Crippen LogP) is 11.9. The number of ether oxygens (including phenoxy) is 2. The van der Waals surface area contributed by atoms with Gasteiger partial charge in [-0.15, -0.1) is 0 Å². The first-order chi connectivity index (χ1) is 26.1. The molecule has 0 N–H and O–H groups in total. The van der Waals surface area contributed by atoms with Gasteiger partial charge in [0.2, 0.25) is 0 Å². The monoisotopic (exact) mass is 780 g/mol. The van der Waals surface area contributed by atoms with E-state index in [9.17, 15) is 14.3 Å². The molecular formula is C45H82NO7P. The van der Waals surface area contributed by atoms with Gasteiger partial charge in [-0.2, -0.15) is 0 Å². The standard InChI is InChI=1S/C45H82NO7P/c1-6-8-10-12-14-16-18-20-21-22-23-24-25-26-27-29-31-33-35-37-40-50-42-44(43-52-54(48,49)51-41-39-46(3,4)5)53-45(47)38-36-34-32-30-28-19-17-15-13-11-9-7-2/h8,10,14,16,20-21,23-24,26-27,44H,6-7,9,11-13,15,17-19,22,25,28-43H2,1-5H3/b10-8-,16-14-,21-20-,24-23-,27-26-. The van der Waals surface area contributed by atoms with Crippen LogP contribution in [0.25, 0.3) is 0 Å². The number of likely N-dealkylation sites (N-methyl/N-ethyl adjacent to an activating group) is 1. The van der Waals surface area contributed by atoms with Crippen molar-refractivity contribution in [2.75, 3.05) is 54.1 Å². The Balaban J connectivity index is 4.28. The van der Waals surface area contributed by atoms with E-state index in [4.69, 9.17) is 18.5 Å². The van der Waals surface area contributed by atoms with Gasteiger partial charge in [-0.05, 0) is 57.8 Å². The summed E-state index contributed by atoms with van der Waals surface area (Å²) in [6.45, 7) is 5.22. The highest BCUT2D eigenvalue weighted by Gasteiger charge is 2.20. The van der Waals surface area contributed by atoms with Crippen LogP contribution >= 0.6 is 7.82 Å². The van der Waals surface area contributed by atoms with Crippen molar-refractivity contribution in [3.8, 4) is 0 Å². The molecule has 0 bridgehead atoms. The number of hydrogen-bond acceptors (Lipinski definition) is 7. The molecule has 0 saturated carbocycles. The zero-order valence-corrected chi connectivity index (χ0v) is 36.3. The maximum atomic E-state index is 12.6. The number of carbonyl (C=O) groups is 1. The van der Waals surface area contributed by atoms with Gasteiger partial charge >= 0.3 is 5.97 Å². The van der Waals surface area contributed by atoms with Crippen molar-refractivity contribution in [2.24, 2.45) is 0 Å². The molecule has 0 fully saturated rings. The Hall–Kier alpha value is -1.80. The second-order valence-corrected chi connectivity index (χ2v) is 16.7. The summed E-state index contributed by atoms with van der Waals surface area (Å²) in [5.74, 6) is -0.346. The van der Waals surface area contributed by atoms with Gasteiger partial charge in [-0.25, -0.2) is 0 Å². The van der Waals surface area contributed by atoms with E-state index < -0.39 is 13.9 Å². The molecule has 0 aliphatic carbocycles. The quantitative estimate of drug-likeness (QED) is 0.0202. The average Bonchev–Trinajstić information content (AvgIpc) is 3.12. The Morgan fingerprint density at radius 3 is 1.61 bits per heavy atom. The Bertz CT molecular complexity index is 1050. The Labute approximate surface area is 332 Å². The molecule has 2 atom stereocenters. The third kappa shape index (κ3) is 41.4. The Kier molecular flexibility index (Phi) is 36.8. The van der Waals surface area contributed by atoms with E-state index in [1.807, 2.05) is 21.1 Å². The summed E-state index contributed by atoms with van der Waals surface area (Å²) in [6.07, 6.45) is 46.6. The maximum Gasteiger partial charge on any atom is 0.306 e. The van der Waals surface area contributed by atoms with Crippen LogP contribution in [0, 0.1) is 0 Å². The number of hydrogen-bond donors (Lipinski definition) is 0. The molecule has 0 radical (unpaired) electrons. The number of esters is 1. The highest BCUT2D eigenvalue weighted by atomic mass is 31.2. The largest absolute Gasteiger partial charge is 0.756 e. The molecule has 54 heavy (non-hydrogen) atoms. The van der Waals surface area contributed by atoms with E-state index in [0.29, 0.717) is 24.1 Å². The zero-order valence-electron chi connectivity index (χ0n) is 35.4. The normalized spacial score (nSPS) is 14.4. The third-order valence-electron chi connectivity index (χ3n) is 8.83. The lowest BCUT2D eigenvalue weighted by atomic mass is 10.0. The number of carbonyl (C=O) groups excluding carboxylic acids is 1. The van der Waals surface area contributed by atoms with Crippen LogP contribution in [0.4, 0.5) is 0 Å². The van der Waals surface area contributed by atoms with E-state index in [2.05, 4.69) is 74.6 Å². The van der Waals surface area contributed by atoms with E-state index in [1.54, 1.807) is 0 Å². The molecule has 0 rings (SSSR count). The van der Waals surface area contributed by atoms with Crippen LogP contribution in [-0.4, -0.2) is 70.7 Å². The van der Waals surface area contributed by atoms with Crippen LogP contribution < -0.4 is 4.89 Å². The molecule has 0 aromatic rings. The summed E-state index contributed by atoms with van der Waals surface area (Å²) >= 11 is 0. The van der Waals surface area contributed by atoms with Crippen LogP contribution in [0.5, 0.6) is 0 Å². The fraction of sp³-hybridized carbons (Fsp3) is 0.756. The lowest BCUT2D eigenvalue weighted by Crippen LogP contribution is -2.37. The minimum Gasteiger partial charge on any atom is -0.756 e. The van der Waals surface area contributed by atoms with Gasteiger partial charge in [0.15, 0.2) is 0 Å². The average molecular weight is 780 g/mol. The highest BCUT2D eigenvalue weighted by molar-refractivity contribution is 7.45. The first-order valence-corrected chi connectivity index (χ1v) is 23.0. The topological polar surface area (TPSA) is 94.1 Å². The lowest BCUT2D eigenvalue weighted by Gasteiger charge is -2.28. The summed E-state index contributed by atoms with van der Waals surface area (Å²) in [5.41, 5.74) is 0. The van der Waals surface area contributed by atoms with Crippen LogP contribution in [0.3, 0.4) is 0 Å². The first-order valence-electron chi connectivity index (χ1n) is 21.5. The second kappa shape index (κ2) is 38.1. The Morgan fingerprint density at radius 1 is 0.593 bits per heavy atom. The van der Waals surface area contributed by atoms with Crippen molar-refractivity contribution in [1.29, 1.82) is 0 Å². The third-order valence-corrected chi connectivity index (χ3v) is 9.80. The number of nitrogens with zero attached hydrogens (tertiary/aromatic N) is 1. The van der Waals surface area contributed by atoms with Gasteiger partial charge in [0.05, 0.1) is 34.4 Å². The minimum absolute atomic E-state index is 0.0191. The molecule has 0 spiro atoms. The first kappa shape index (κ1) is 52.2. The van der Waals surface area contributed by atoms with Crippen molar-refractivity contribution in [1.82, 2.24) is 0 Å². The number of phosphoric ester groups is 1. The second-order valence-electron chi connectivity index (χ2n) is 15.3. The van der Waals surface area contributed by atoms with E-state index in [0.717, 1.165) is 83.5 Å². The number of unbranched alkanes of at least 4 members (excludes halogenated alkanes) is 15. The molecule has 0 heterocycles. The van der Waals surface area contributed by atoms with Crippen molar-refractivity contribution < 1.29 is 37.3 Å². The highest BCUT2D eigenvalue weighted by Crippen LogP contribution is 2.38. The predicted molar refractivity (Wildman–Crippen MR) is 226 cm³/mol. The number of allylic oxidation sites excluding steroid dienone is 10. The smallest absolute Gasteiger partial charge is 0.306 e. The molecule has 0 saturated heterocycles. The molecule has 9 heteroatoms. The Morgan fingerprint density at radius 2 is 1.07 bits per heavy atom. The van der Waals surface area contributed by atoms with Crippen molar-refractivity contribution >= 4 is 13.8 Å². The van der Waals surface area contributed by atoms with Crippen molar-refractivity contribution in [2.45, 2.75) is 168 Å². The molecule has 2 unspecified atom stereocenters. The van der Waals surface area contributed by atoms with Gasteiger partial charge in [-0.1, -0.05) is 158 Å². The van der Waals surface area contributed by atoms with Gasteiger partial charge < -0.3 is 27.9 Å². The molecule has 314 valence electrons. The van der Waals surface area contributed by atoms with Gasteiger partial charge in [-0.3, -0.25) is 9.36 Å². The summed E-state index contributed by atoms with van der Waals surface area (Å²) in [6, 6.07) is 0. The summed E-state index contributed by atoms with van der Waals surface area (Å²) < 4.78 is 34.5. The number of quaternary nitrogens is 1. The van der Waals surface area contributed by atoms with Crippen LogP contribution in [0.1, 0.15) is 162 Å². The molecular weight excluding hydrogens is 697 g/mol. The molecule has 0 aromatic heterocycles. The molecule has 0 aromatic carbocycles. The molecule has 0 aliphatic rings. The molecule has 0 amide bonds. The van der Waals surface area contributed by atoms with Crippen LogP contribution in [-0.2, 0) is 27.9 Å². The van der Waals surface area contributed by atoms with Crippen molar-refractivity contribution in [3.63, 3.8) is 0 Å². The van der Waals surface area contributed by atoms with Crippen LogP contribution in [0.2, 0.25) is 0 Å². The minimum atomic E-state index is -4.53. The summed E-state index contributed by atoms with van der Waals surface area (Å²) in [7, 11) is 1.33. The van der Waals surface area contributed by atoms with E-state index in [-0.39, 0.29) is 25.8 Å². The van der Waals surface area contributed by atoms with Gasteiger partial charge in [0.25, 0.3) is 7.82 Å². The van der Waals surface area contributed by atoms with Gasteiger partial charge in [0.1, 0.15) is 19.3 Å². The fourth-order valence-corrected chi connectivity index (χ4v) is 6.24. The summed E-state index contributed by atoms with van der Waals surface area (Å²) in [4.78, 5) is 25.0. The zero-order chi connectivity index (χ0) is 39.9. The summed E-state index contributed by atoms with van der Waals surface area (Å²) in [5, 5.41) is 0. The number of phosphoric acid groups is 1. The number of rotatable bonds is 39.